The van der Waals surface area contributed by atoms with Gasteiger partial charge in [-0.1, -0.05) is 20.8 Å². The molecule has 1 saturated heterocycles. The first-order chi connectivity index (χ1) is 9.85. The molecule has 1 N–H and O–H groups in total. The van der Waals surface area contributed by atoms with Gasteiger partial charge in [-0.15, -0.1) is 0 Å². The first-order valence-corrected chi connectivity index (χ1v) is 7.92. The van der Waals surface area contributed by atoms with E-state index in [1.54, 1.807) is 6.33 Å². The van der Waals surface area contributed by atoms with Crippen LogP contribution in [0.2, 0.25) is 0 Å². The van der Waals surface area contributed by atoms with Crippen LogP contribution in [0, 0.1) is 17.8 Å². The van der Waals surface area contributed by atoms with Gasteiger partial charge in [-0.3, -0.25) is 0 Å². The molecule has 21 heavy (non-hydrogen) atoms. The standard InChI is InChI=1S/C17H24N4/c1-11-5-13-14(20-11)18-10-19-15(13)21-9-17(4)7-12(21)6-16(2,3)8-17/h5,10,12H,6-9H2,1-4H3,(H,18,19,20). The second kappa shape index (κ2) is 3.99. The molecule has 0 spiro atoms. The van der Waals surface area contributed by atoms with E-state index in [4.69, 9.17) is 0 Å². The quantitative estimate of drug-likeness (QED) is 0.869. The minimum atomic E-state index is 0.426. The van der Waals surface area contributed by atoms with Gasteiger partial charge < -0.3 is 9.88 Å². The fourth-order valence-corrected chi connectivity index (χ4v) is 4.99. The van der Waals surface area contributed by atoms with Crippen molar-refractivity contribution in [1.29, 1.82) is 0 Å². The summed E-state index contributed by atoms with van der Waals surface area (Å²) in [6.45, 7) is 10.5. The highest BCUT2D eigenvalue weighted by Crippen LogP contribution is 2.53. The number of nitrogens with zero attached hydrogens (tertiary/aromatic N) is 3. The van der Waals surface area contributed by atoms with E-state index in [1.165, 1.54) is 24.6 Å². The van der Waals surface area contributed by atoms with Crippen LogP contribution >= 0.6 is 0 Å². The molecule has 2 unspecified atom stereocenters. The summed E-state index contributed by atoms with van der Waals surface area (Å²) in [4.78, 5) is 14.9. The smallest absolute Gasteiger partial charge is 0.143 e. The third-order valence-corrected chi connectivity index (χ3v) is 5.23. The number of fused-ring (bicyclic) bond motifs is 3. The monoisotopic (exact) mass is 284 g/mol. The highest BCUT2D eigenvalue weighted by Gasteiger charge is 2.50. The van der Waals surface area contributed by atoms with Crippen LogP contribution < -0.4 is 4.90 Å². The molecule has 2 atom stereocenters. The molecule has 4 rings (SSSR count). The number of aromatic amines is 1. The zero-order valence-electron chi connectivity index (χ0n) is 13.4. The van der Waals surface area contributed by atoms with Gasteiger partial charge in [-0.2, -0.15) is 0 Å². The Morgan fingerprint density at radius 3 is 2.86 bits per heavy atom. The maximum Gasteiger partial charge on any atom is 0.143 e. The molecule has 4 heteroatoms. The number of hydrogen-bond acceptors (Lipinski definition) is 3. The van der Waals surface area contributed by atoms with Crippen molar-refractivity contribution >= 4 is 16.9 Å². The van der Waals surface area contributed by atoms with Gasteiger partial charge in [0.2, 0.25) is 0 Å². The number of H-pyrrole nitrogens is 1. The predicted molar refractivity (Wildman–Crippen MR) is 85.5 cm³/mol. The summed E-state index contributed by atoms with van der Waals surface area (Å²) >= 11 is 0. The summed E-state index contributed by atoms with van der Waals surface area (Å²) < 4.78 is 0. The van der Waals surface area contributed by atoms with Crippen molar-refractivity contribution in [2.24, 2.45) is 10.8 Å². The van der Waals surface area contributed by atoms with Crippen LogP contribution in [-0.4, -0.2) is 27.5 Å². The van der Waals surface area contributed by atoms with E-state index in [0.717, 1.165) is 23.7 Å². The van der Waals surface area contributed by atoms with Crippen LogP contribution in [0.25, 0.3) is 11.0 Å². The van der Waals surface area contributed by atoms with Gasteiger partial charge in [-0.05, 0) is 43.1 Å². The van der Waals surface area contributed by atoms with Crippen molar-refractivity contribution in [2.75, 3.05) is 11.4 Å². The second-order valence-corrected chi connectivity index (χ2v) is 8.25. The molecule has 1 aliphatic carbocycles. The van der Waals surface area contributed by atoms with Crippen molar-refractivity contribution in [3.05, 3.63) is 18.1 Å². The molecule has 2 bridgehead atoms. The van der Waals surface area contributed by atoms with Crippen LogP contribution in [-0.2, 0) is 0 Å². The van der Waals surface area contributed by atoms with Crippen molar-refractivity contribution in [3.8, 4) is 0 Å². The average molecular weight is 284 g/mol. The molecular formula is C17H24N4. The molecule has 2 aliphatic rings. The fraction of sp³-hybridized carbons (Fsp3) is 0.647. The van der Waals surface area contributed by atoms with Crippen molar-refractivity contribution in [1.82, 2.24) is 15.0 Å². The summed E-state index contributed by atoms with van der Waals surface area (Å²) in [6.07, 6.45) is 5.57. The van der Waals surface area contributed by atoms with Crippen LogP contribution in [0.4, 0.5) is 5.82 Å². The van der Waals surface area contributed by atoms with Crippen LogP contribution in [0.3, 0.4) is 0 Å². The van der Waals surface area contributed by atoms with E-state index in [2.05, 4.69) is 53.6 Å². The average Bonchev–Trinajstić information content (AvgIpc) is 2.84. The maximum atomic E-state index is 4.64. The molecule has 0 aromatic carbocycles. The molecule has 112 valence electrons. The molecule has 2 fully saturated rings. The maximum absolute atomic E-state index is 4.64. The van der Waals surface area contributed by atoms with Gasteiger partial charge in [0.25, 0.3) is 0 Å². The third kappa shape index (κ3) is 2.03. The molecule has 2 aromatic heterocycles. The molecule has 1 saturated carbocycles. The first kappa shape index (κ1) is 13.1. The Bertz CT molecular complexity index is 702. The SMILES string of the molecule is Cc1cc2c(N3CC4(C)CC3CC(C)(C)C4)ncnc2[nH]1. The Kier molecular flexibility index (Phi) is 2.49. The molecule has 0 radical (unpaired) electrons. The Hall–Kier alpha value is -1.58. The Morgan fingerprint density at radius 2 is 2.05 bits per heavy atom. The molecule has 3 heterocycles. The van der Waals surface area contributed by atoms with Crippen molar-refractivity contribution in [2.45, 2.75) is 53.0 Å². The lowest BCUT2D eigenvalue weighted by atomic mass is 9.65. The second-order valence-electron chi connectivity index (χ2n) is 8.25. The Morgan fingerprint density at radius 1 is 1.24 bits per heavy atom. The summed E-state index contributed by atoms with van der Waals surface area (Å²) in [6, 6.07) is 2.80. The lowest BCUT2D eigenvalue weighted by Gasteiger charge is -2.39. The molecule has 0 amide bonds. The van der Waals surface area contributed by atoms with Gasteiger partial charge in [0.15, 0.2) is 0 Å². The van der Waals surface area contributed by atoms with E-state index in [-0.39, 0.29) is 0 Å². The van der Waals surface area contributed by atoms with Gasteiger partial charge in [0.1, 0.15) is 17.8 Å². The number of nitrogens with one attached hydrogen (secondary N) is 1. The number of aromatic nitrogens is 3. The Balaban J connectivity index is 1.80. The lowest BCUT2D eigenvalue weighted by molar-refractivity contribution is 0.136. The normalized spacial score (nSPS) is 31.0. The summed E-state index contributed by atoms with van der Waals surface area (Å²) in [5, 5.41) is 1.17. The lowest BCUT2D eigenvalue weighted by Crippen LogP contribution is -2.35. The summed E-state index contributed by atoms with van der Waals surface area (Å²) in [5.41, 5.74) is 2.98. The van der Waals surface area contributed by atoms with E-state index >= 15 is 0 Å². The number of hydrogen-bond donors (Lipinski definition) is 1. The number of rotatable bonds is 1. The molecule has 4 nitrogen and oxygen atoms in total. The molecular weight excluding hydrogens is 260 g/mol. The van der Waals surface area contributed by atoms with Gasteiger partial charge >= 0.3 is 0 Å². The van der Waals surface area contributed by atoms with Crippen molar-refractivity contribution in [3.63, 3.8) is 0 Å². The topological polar surface area (TPSA) is 44.8 Å². The van der Waals surface area contributed by atoms with E-state index < -0.39 is 0 Å². The predicted octanol–water partition coefficient (Wildman–Crippen LogP) is 3.67. The van der Waals surface area contributed by atoms with Crippen molar-refractivity contribution < 1.29 is 0 Å². The van der Waals surface area contributed by atoms with Crippen LogP contribution in [0.5, 0.6) is 0 Å². The van der Waals surface area contributed by atoms with Gasteiger partial charge in [0, 0.05) is 18.3 Å². The fourth-order valence-electron chi connectivity index (χ4n) is 4.99. The van der Waals surface area contributed by atoms with E-state index in [9.17, 15) is 0 Å². The summed E-state index contributed by atoms with van der Waals surface area (Å²) in [5.74, 6) is 1.12. The van der Waals surface area contributed by atoms with E-state index in [1.807, 2.05) is 0 Å². The number of anilines is 1. The summed E-state index contributed by atoms with van der Waals surface area (Å²) in [7, 11) is 0. The minimum Gasteiger partial charge on any atom is -0.352 e. The zero-order chi connectivity index (χ0) is 14.8. The van der Waals surface area contributed by atoms with Gasteiger partial charge in [-0.25, -0.2) is 9.97 Å². The minimum absolute atomic E-state index is 0.426. The molecule has 2 aromatic rings. The first-order valence-electron chi connectivity index (χ1n) is 7.92. The highest BCUT2D eigenvalue weighted by molar-refractivity contribution is 5.88. The van der Waals surface area contributed by atoms with Crippen LogP contribution in [0.1, 0.15) is 45.7 Å². The molecule has 1 aliphatic heterocycles. The Labute approximate surface area is 126 Å². The third-order valence-electron chi connectivity index (χ3n) is 5.23. The van der Waals surface area contributed by atoms with Crippen LogP contribution in [0.15, 0.2) is 12.4 Å². The zero-order valence-corrected chi connectivity index (χ0v) is 13.4. The highest BCUT2D eigenvalue weighted by atomic mass is 15.3. The van der Waals surface area contributed by atoms with Gasteiger partial charge in [0.05, 0.1) is 5.39 Å². The largest absolute Gasteiger partial charge is 0.352 e. The van der Waals surface area contributed by atoms with E-state index in [0.29, 0.717) is 16.9 Å². The number of aryl methyl sites for hydroxylation is 1.